The number of quaternary nitrogens is 1. The molecule has 0 aliphatic heterocycles. The Balaban J connectivity index is -0.0000000198. The largest absolute Gasteiger partial charge is 0.520 e. The molecule has 10 N–H and O–H groups in total. The molecule has 0 amide bonds. The molecule has 39 heteroatoms. The van der Waals surface area contributed by atoms with Gasteiger partial charge in [0, 0.05) is 26.2 Å². The van der Waals surface area contributed by atoms with Crippen LogP contribution in [0.2, 0.25) is 0 Å². The Hall–Kier alpha value is -3.83. The number of alkyl halides is 13. The fourth-order valence-electron chi connectivity index (χ4n) is 1.24. The number of aliphatic hydroxyl groups is 3. The van der Waals surface area contributed by atoms with Crippen LogP contribution in [0.1, 0.15) is 111 Å². The highest BCUT2D eigenvalue weighted by Gasteiger charge is 2.13. The van der Waals surface area contributed by atoms with Gasteiger partial charge in [-0.15, -0.1) is 4.39 Å². The second-order valence-corrected chi connectivity index (χ2v) is 7.33. The highest BCUT2D eigenvalue weighted by molar-refractivity contribution is 5.81. The third-order valence-corrected chi connectivity index (χ3v) is 2.96. The monoisotopic (exact) mass is 1190 g/mol. The lowest BCUT2D eigenvalue weighted by molar-refractivity contribution is -0.368. The summed E-state index contributed by atoms with van der Waals surface area (Å²) in [5.41, 5.74) is 8.72. The van der Waals surface area contributed by atoms with Crippen LogP contribution >= 0.6 is 0 Å². The number of carboxylic acid groups (broad SMARTS) is 3. The van der Waals surface area contributed by atoms with Crippen LogP contribution < -0.4 is 16.6 Å². The second kappa shape index (κ2) is 210. The van der Waals surface area contributed by atoms with Crippen molar-refractivity contribution in [3.8, 4) is 0 Å². The Morgan fingerprint density at radius 2 is 0.649 bits per heavy atom. The average Bonchev–Trinajstić information content (AvgIpc) is 3.30. The van der Waals surface area contributed by atoms with E-state index in [0.717, 1.165) is 32.2 Å². The molecule has 0 saturated heterocycles. The third-order valence-electron chi connectivity index (χ3n) is 2.96. The summed E-state index contributed by atoms with van der Waals surface area (Å²) < 4.78 is 212. The number of rotatable bonds is 19. The lowest BCUT2D eigenvalue weighted by atomic mass is 10.1. The van der Waals surface area contributed by atoms with E-state index in [2.05, 4.69) is 35.4 Å². The van der Waals surface area contributed by atoms with Crippen LogP contribution in [0, 0.1) is 0 Å². The molecule has 0 rings (SSSR count). The molecule has 0 unspecified atom stereocenters. The molecule has 0 heterocycles. The zero-order valence-electron chi connectivity index (χ0n) is 34.1. The van der Waals surface area contributed by atoms with Gasteiger partial charge in [0.05, 0.1) is 6.54 Å². The van der Waals surface area contributed by atoms with Crippen molar-refractivity contribution in [3.63, 3.8) is 0 Å². The molecule has 0 aliphatic carbocycles. The molecule has 480 valence electrons. The van der Waals surface area contributed by atoms with Gasteiger partial charge in [0.15, 0.2) is 12.5 Å². The van der Waals surface area contributed by atoms with Crippen molar-refractivity contribution < 1.29 is 178 Å². The number of nitrogens with two attached hydrogens (primary N) is 1. The number of ketones is 1. The predicted molar refractivity (Wildman–Crippen MR) is 232 cm³/mol. The SMILES string of the molecule is C.C.C.C.C.C.C.C.FCF.FCF.FCOF.FCOF.FCOF.FCOF.FCOF.FCOF.NCCCCO.O=C(CCCCCO)C(F)F.O=C(O)CF.O=C(O)F.O=C([O-])F.[NH3+]CCCCO. The van der Waals surface area contributed by atoms with E-state index < -0.39 is 92.3 Å². The maximum absolute atomic E-state index is 11.5. The summed E-state index contributed by atoms with van der Waals surface area (Å²) in [6.07, 6.45) is -2.41. The lowest BCUT2D eigenvalue weighted by Gasteiger charge is -1.97. The normalized spacial score (nSPS) is 7.12. The number of aliphatic carboxylic acids is 1. The van der Waals surface area contributed by atoms with Gasteiger partial charge in [-0.1, -0.05) is 65.8 Å². The molecule has 0 spiro atoms. The van der Waals surface area contributed by atoms with Gasteiger partial charge in [0.2, 0.25) is 61.2 Å². The molecule has 0 aliphatic rings. The molecular weight excluding hydrogens is 1100 g/mol. The van der Waals surface area contributed by atoms with Crippen LogP contribution in [-0.2, 0) is 39.2 Å². The Labute approximate surface area is 420 Å². The number of Topliss-reactive ketones (excluding diaryl/α,β-unsaturated/α-hetero) is 1. The number of carboxylic acids is 1. The number of hydrogen-bond donors (Lipinski definition) is 7. The first-order chi connectivity index (χ1) is 31.1. The number of carbonyl (C=O) groups excluding carboxylic acids is 2. The predicted octanol–water partition coefficient (Wildman–Crippen LogP) is 11.8. The zero-order valence-corrected chi connectivity index (χ0v) is 34.1. The highest BCUT2D eigenvalue weighted by atomic mass is 19.3. The van der Waals surface area contributed by atoms with Crippen LogP contribution in [0.4, 0.5) is 103 Å². The average molecular weight is 1190 g/mol. The first kappa shape index (κ1) is 145. The van der Waals surface area contributed by atoms with Gasteiger partial charge in [-0.05, 0) is 72.2 Å². The molecular formula is C35H87F21N2O16. The van der Waals surface area contributed by atoms with Crippen molar-refractivity contribution in [2.24, 2.45) is 5.73 Å². The molecule has 0 radical (unpaired) electrons. The molecule has 0 aromatic rings. The number of aliphatic hydroxyl groups excluding tert-OH is 3. The van der Waals surface area contributed by atoms with E-state index in [1.54, 1.807) is 0 Å². The van der Waals surface area contributed by atoms with Gasteiger partial charge in [-0.3, -0.25) is 4.79 Å². The maximum atomic E-state index is 11.5. The minimum absolute atomic E-state index is 0. The van der Waals surface area contributed by atoms with E-state index in [9.17, 15) is 97.8 Å². The van der Waals surface area contributed by atoms with E-state index >= 15 is 0 Å². The summed E-state index contributed by atoms with van der Waals surface area (Å²) >= 11 is 0. The number of unbranched alkanes of at least 4 members (excludes halogenated alkanes) is 4. The lowest BCUT2D eigenvalue weighted by Crippen LogP contribution is -2.50. The molecule has 0 aromatic heterocycles. The first-order valence-electron chi connectivity index (χ1n) is 15.7. The number of carbonyl (C=O) groups is 4. The number of halogens is 21. The van der Waals surface area contributed by atoms with Gasteiger partial charge in [-0.2, -0.15) is 34.0 Å². The second-order valence-electron chi connectivity index (χ2n) is 7.33. The third kappa shape index (κ3) is 756. The van der Waals surface area contributed by atoms with Gasteiger partial charge in [0.1, 0.15) is 0 Å². The van der Waals surface area contributed by atoms with E-state index in [0.29, 0.717) is 32.4 Å². The van der Waals surface area contributed by atoms with Crippen LogP contribution in [-0.4, -0.2) is 151 Å². The van der Waals surface area contributed by atoms with Gasteiger partial charge in [0.25, 0.3) is 6.43 Å². The van der Waals surface area contributed by atoms with Crippen molar-refractivity contribution in [1.82, 2.24) is 0 Å². The summed E-state index contributed by atoms with van der Waals surface area (Å²) in [5, 5.41) is 46.9. The van der Waals surface area contributed by atoms with Gasteiger partial charge in [-0.25, -0.2) is 66.7 Å². The Morgan fingerprint density at radius 3 is 0.743 bits per heavy atom. The van der Waals surface area contributed by atoms with Gasteiger partial charge >= 0.3 is 12.2 Å². The standard InChI is InChI=1S/C7H12F2O2.2C4H11NO.C2H3FO2.6CH2F2O.2CH2F2.2CHFO2.8CH4/c8-7(9)6(11)4-2-1-3-5-10;2*5-3-1-2-4-6;3-1-2(4)5;6*2-1-4-3;2*2-1-3;2*2-1(3)4;;;;;;;;/h7,10H,1-5H2;2*6H,1-5H2;1H2,(H,4,5);6*1H2;2*1H2;2*(H,3,4);8*1H4. The van der Waals surface area contributed by atoms with Crippen molar-refractivity contribution >= 4 is 24.2 Å². The smallest absolute Gasteiger partial charge is 0.492 e. The fourth-order valence-corrected chi connectivity index (χ4v) is 1.24. The summed E-state index contributed by atoms with van der Waals surface area (Å²) in [7, 11) is 0. The van der Waals surface area contributed by atoms with Crippen molar-refractivity contribution in [2.75, 3.05) is 94.6 Å². The molecule has 0 fully saturated rings. The van der Waals surface area contributed by atoms with Crippen LogP contribution in [0.15, 0.2) is 0 Å². The molecule has 18 nitrogen and oxygen atoms in total. The summed E-state index contributed by atoms with van der Waals surface area (Å²) in [5.74, 6) is -2.41. The zero-order chi connectivity index (χ0) is 55.7. The number of hydrogen-bond acceptors (Lipinski definition) is 15. The molecule has 74 heavy (non-hydrogen) atoms. The first-order valence-corrected chi connectivity index (χ1v) is 15.7. The Bertz CT molecular complexity index is 659. The maximum Gasteiger partial charge on any atom is 0.492 e. The van der Waals surface area contributed by atoms with Crippen LogP contribution in [0.25, 0.3) is 0 Å². The Morgan fingerprint density at radius 1 is 0.473 bits per heavy atom. The van der Waals surface area contributed by atoms with Crippen molar-refractivity contribution in [3.05, 3.63) is 0 Å². The Kier molecular flexibility index (Phi) is 410. The van der Waals surface area contributed by atoms with E-state index in [1.807, 2.05) is 0 Å². The molecule has 0 atom stereocenters. The summed E-state index contributed by atoms with van der Waals surface area (Å²) in [4.78, 5) is 50.1. The van der Waals surface area contributed by atoms with E-state index in [4.69, 9.17) is 50.8 Å². The topological polar surface area (TPSA) is 302 Å². The summed E-state index contributed by atoms with van der Waals surface area (Å²) in [6.45, 7) is -10.6. The minimum Gasteiger partial charge on any atom is -0.520 e. The highest BCUT2D eigenvalue weighted by Crippen LogP contribution is 2.05. The van der Waals surface area contributed by atoms with E-state index in [1.165, 1.54) is 0 Å². The van der Waals surface area contributed by atoms with Crippen LogP contribution in [0.3, 0.4) is 0 Å². The molecule has 0 aromatic carbocycles. The summed E-state index contributed by atoms with van der Waals surface area (Å²) in [6, 6.07) is 0. The van der Waals surface area contributed by atoms with E-state index in [-0.39, 0.29) is 79.0 Å². The van der Waals surface area contributed by atoms with Crippen LogP contribution in [0.5, 0.6) is 0 Å². The van der Waals surface area contributed by atoms with Gasteiger partial charge < -0.3 is 46.9 Å². The van der Waals surface area contributed by atoms with Crippen molar-refractivity contribution in [1.29, 1.82) is 0 Å². The molecule has 0 saturated carbocycles. The molecule has 0 bridgehead atoms. The van der Waals surface area contributed by atoms with Crippen molar-refractivity contribution in [2.45, 2.75) is 117 Å². The minimum atomic E-state index is -2.83. The fraction of sp³-hybridized carbons (Fsp3) is 0.886. The quantitative estimate of drug-likeness (QED) is 0.0359.